The number of hydrogen-bond donors (Lipinski definition) is 1. The fraction of sp³-hybridized carbons (Fsp3) is 0.647. The summed E-state index contributed by atoms with van der Waals surface area (Å²) >= 11 is 0. The van der Waals surface area contributed by atoms with Crippen LogP contribution in [0.3, 0.4) is 0 Å². The van der Waals surface area contributed by atoms with Crippen molar-refractivity contribution in [1.29, 1.82) is 0 Å². The zero-order chi connectivity index (χ0) is 15.2. The highest BCUT2D eigenvalue weighted by Gasteiger charge is 2.22. The van der Waals surface area contributed by atoms with Crippen LogP contribution in [0.5, 0.6) is 5.75 Å². The van der Waals surface area contributed by atoms with Crippen molar-refractivity contribution >= 4 is 0 Å². The third-order valence-electron chi connectivity index (χ3n) is 4.32. The van der Waals surface area contributed by atoms with Crippen LogP contribution in [0.1, 0.15) is 24.4 Å². The summed E-state index contributed by atoms with van der Waals surface area (Å²) in [7, 11) is 6.02. The molecule has 4 nitrogen and oxygen atoms in total. The van der Waals surface area contributed by atoms with Crippen molar-refractivity contribution in [2.24, 2.45) is 11.7 Å². The highest BCUT2D eigenvalue weighted by atomic mass is 16.5. The van der Waals surface area contributed by atoms with Gasteiger partial charge in [0, 0.05) is 24.7 Å². The molecule has 1 fully saturated rings. The summed E-state index contributed by atoms with van der Waals surface area (Å²) in [6, 6.07) is 8.09. The van der Waals surface area contributed by atoms with Crippen molar-refractivity contribution in [3.63, 3.8) is 0 Å². The number of para-hydroxylation sites is 1. The van der Waals surface area contributed by atoms with E-state index in [2.05, 4.69) is 30.0 Å². The van der Waals surface area contributed by atoms with Crippen molar-refractivity contribution in [1.82, 2.24) is 9.80 Å². The van der Waals surface area contributed by atoms with E-state index in [9.17, 15) is 0 Å². The van der Waals surface area contributed by atoms with Crippen LogP contribution in [0.2, 0.25) is 0 Å². The van der Waals surface area contributed by atoms with Gasteiger partial charge in [-0.3, -0.25) is 0 Å². The Bertz CT molecular complexity index is 428. The molecule has 0 amide bonds. The summed E-state index contributed by atoms with van der Waals surface area (Å²) < 4.78 is 5.41. The molecule has 118 valence electrons. The van der Waals surface area contributed by atoms with E-state index in [0.717, 1.165) is 36.9 Å². The van der Waals surface area contributed by atoms with E-state index in [1.165, 1.54) is 19.4 Å². The predicted molar refractivity (Wildman–Crippen MR) is 87.6 cm³/mol. The highest BCUT2D eigenvalue weighted by Crippen LogP contribution is 2.25. The van der Waals surface area contributed by atoms with Crippen molar-refractivity contribution in [3.05, 3.63) is 29.8 Å². The molecule has 1 heterocycles. The van der Waals surface area contributed by atoms with Crippen molar-refractivity contribution in [3.8, 4) is 5.75 Å². The third-order valence-corrected chi connectivity index (χ3v) is 4.32. The number of benzene rings is 1. The molecule has 0 aromatic heterocycles. The number of likely N-dealkylation sites (tertiary alicyclic amines) is 1. The van der Waals surface area contributed by atoms with Crippen LogP contribution in [-0.4, -0.2) is 57.2 Å². The second kappa shape index (κ2) is 7.78. The van der Waals surface area contributed by atoms with Crippen LogP contribution in [0.25, 0.3) is 0 Å². The molecule has 0 radical (unpaired) electrons. The molecule has 0 bridgehead atoms. The molecule has 1 unspecified atom stereocenters. The number of methoxy groups -OCH3 is 1. The molecule has 4 heteroatoms. The van der Waals surface area contributed by atoms with Gasteiger partial charge in [-0.25, -0.2) is 0 Å². The Morgan fingerprint density at radius 3 is 2.57 bits per heavy atom. The van der Waals surface area contributed by atoms with E-state index in [1.54, 1.807) is 7.11 Å². The van der Waals surface area contributed by atoms with Gasteiger partial charge in [-0.1, -0.05) is 18.2 Å². The molecule has 2 rings (SSSR count). The Kier molecular flexibility index (Phi) is 6.03. The fourth-order valence-corrected chi connectivity index (χ4v) is 3.22. The van der Waals surface area contributed by atoms with Gasteiger partial charge in [0.2, 0.25) is 0 Å². The number of piperidine rings is 1. The van der Waals surface area contributed by atoms with Gasteiger partial charge in [0.05, 0.1) is 7.11 Å². The summed E-state index contributed by atoms with van der Waals surface area (Å²) in [4.78, 5) is 4.78. The van der Waals surface area contributed by atoms with Crippen LogP contribution in [-0.2, 0) is 0 Å². The molecular weight excluding hydrogens is 262 g/mol. The van der Waals surface area contributed by atoms with Crippen LogP contribution < -0.4 is 10.5 Å². The Morgan fingerprint density at radius 2 is 1.95 bits per heavy atom. The lowest BCUT2D eigenvalue weighted by molar-refractivity contribution is 0.155. The monoisotopic (exact) mass is 291 g/mol. The van der Waals surface area contributed by atoms with E-state index < -0.39 is 0 Å². The fourth-order valence-electron chi connectivity index (χ4n) is 3.22. The Morgan fingerprint density at radius 1 is 1.29 bits per heavy atom. The number of nitrogens with two attached hydrogens (primary N) is 1. The molecule has 1 aromatic rings. The zero-order valence-corrected chi connectivity index (χ0v) is 13.6. The normalized spacial score (nSPS) is 18.9. The summed E-state index contributed by atoms with van der Waals surface area (Å²) in [5.41, 5.74) is 7.49. The minimum Gasteiger partial charge on any atom is -0.496 e. The molecule has 1 aromatic carbocycles. The van der Waals surface area contributed by atoms with Gasteiger partial charge in [0.1, 0.15) is 5.75 Å². The number of hydrogen-bond acceptors (Lipinski definition) is 4. The first-order valence-corrected chi connectivity index (χ1v) is 7.85. The molecule has 1 atom stereocenters. The van der Waals surface area contributed by atoms with Gasteiger partial charge in [-0.15, -0.1) is 0 Å². The van der Waals surface area contributed by atoms with E-state index >= 15 is 0 Å². The van der Waals surface area contributed by atoms with Crippen LogP contribution in [0.15, 0.2) is 24.3 Å². The zero-order valence-electron chi connectivity index (χ0n) is 13.6. The van der Waals surface area contributed by atoms with Gasteiger partial charge in [-0.05, 0) is 52.0 Å². The first-order valence-electron chi connectivity index (χ1n) is 7.85. The van der Waals surface area contributed by atoms with Gasteiger partial charge >= 0.3 is 0 Å². The van der Waals surface area contributed by atoms with Gasteiger partial charge < -0.3 is 20.3 Å². The Hall–Kier alpha value is -1.10. The first-order chi connectivity index (χ1) is 10.1. The lowest BCUT2D eigenvalue weighted by Crippen LogP contribution is -2.40. The molecule has 1 aliphatic rings. The number of ether oxygens (including phenoxy) is 1. The van der Waals surface area contributed by atoms with Crippen molar-refractivity contribution < 1.29 is 4.74 Å². The van der Waals surface area contributed by atoms with Gasteiger partial charge in [0.15, 0.2) is 0 Å². The molecule has 21 heavy (non-hydrogen) atoms. The molecule has 0 aliphatic carbocycles. The molecule has 2 N–H and O–H groups in total. The van der Waals surface area contributed by atoms with Crippen molar-refractivity contribution in [2.75, 3.05) is 47.4 Å². The quantitative estimate of drug-likeness (QED) is 0.870. The van der Waals surface area contributed by atoms with E-state index in [0.29, 0.717) is 0 Å². The van der Waals surface area contributed by atoms with Gasteiger partial charge in [-0.2, -0.15) is 0 Å². The largest absolute Gasteiger partial charge is 0.496 e. The SMILES string of the molecule is COc1ccccc1C(N)CN1CCC(CN(C)C)CC1. The Balaban J connectivity index is 1.85. The number of nitrogens with zero attached hydrogens (tertiary/aromatic N) is 2. The maximum atomic E-state index is 6.39. The Labute approximate surface area is 128 Å². The predicted octanol–water partition coefficient (Wildman–Crippen LogP) is 1.97. The molecule has 1 aliphatic heterocycles. The van der Waals surface area contributed by atoms with Gasteiger partial charge in [0.25, 0.3) is 0 Å². The smallest absolute Gasteiger partial charge is 0.123 e. The lowest BCUT2D eigenvalue weighted by Gasteiger charge is -2.34. The summed E-state index contributed by atoms with van der Waals surface area (Å²) in [6.45, 7) is 4.42. The van der Waals surface area contributed by atoms with E-state index in [4.69, 9.17) is 10.5 Å². The second-order valence-electron chi connectivity index (χ2n) is 6.35. The maximum Gasteiger partial charge on any atom is 0.123 e. The number of rotatable bonds is 6. The first kappa shape index (κ1) is 16.3. The highest BCUT2D eigenvalue weighted by molar-refractivity contribution is 5.35. The van der Waals surface area contributed by atoms with E-state index in [-0.39, 0.29) is 6.04 Å². The summed E-state index contributed by atoms with van der Waals surface area (Å²) in [6.07, 6.45) is 2.55. The standard InChI is InChI=1S/C17H29N3O/c1-19(2)12-14-8-10-20(11-9-14)13-16(18)15-6-4-5-7-17(15)21-3/h4-7,14,16H,8-13,18H2,1-3H3. The average Bonchev–Trinajstić information content (AvgIpc) is 2.48. The topological polar surface area (TPSA) is 41.7 Å². The van der Waals surface area contributed by atoms with Crippen LogP contribution in [0.4, 0.5) is 0 Å². The molecular formula is C17H29N3O. The molecule has 0 spiro atoms. The summed E-state index contributed by atoms with van der Waals surface area (Å²) in [5, 5.41) is 0. The van der Waals surface area contributed by atoms with Crippen LogP contribution >= 0.6 is 0 Å². The minimum atomic E-state index is 0.0200. The summed E-state index contributed by atoms with van der Waals surface area (Å²) in [5.74, 6) is 1.73. The molecule has 1 saturated heterocycles. The van der Waals surface area contributed by atoms with Crippen molar-refractivity contribution in [2.45, 2.75) is 18.9 Å². The lowest BCUT2D eigenvalue weighted by atomic mass is 9.95. The average molecular weight is 291 g/mol. The molecule has 0 saturated carbocycles. The maximum absolute atomic E-state index is 6.39. The minimum absolute atomic E-state index is 0.0200. The third kappa shape index (κ3) is 4.70. The second-order valence-corrected chi connectivity index (χ2v) is 6.35. The van der Waals surface area contributed by atoms with Crippen LogP contribution in [0, 0.1) is 5.92 Å². The van der Waals surface area contributed by atoms with E-state index in [1.807, 2.05) is 18.2 Å².